The van der Waals surface area contributed by atoms with Gasteiger partial charge in [0.25, 0.3) is 0 Å². The molecule has 2 aromatic rings. The molecule has 1 aromatic heterocycles. The maximum Gasteiger partial charge on any atom is 0.105 e. The minimum atomic E-state index is 0.986. The summed E-state index contributed by atoms with van der Waals surface area (Å²) < 4.78 is 2.20. The van der Waals surface area contributed by atoms with E-state index in [0.717, 1.165) is 32.0 Å². The molecule has 0 amide bonds. The van der Waals surface area contributed by atoms with E-state index in [1.54, 1.807) is 0 Å². The molecular formula is C14H18N4. The summed E-state index contributed by atoms with van der Waals surface area (Å²) in [5, 5.41) is 3.44. The molecule has 0 aliphatic carbocycles. The topological polar surface area (TPSA) is 33.1 Å². The third-order valence-corrected chi connectivity index (χ3v) is 3.48. The Bertz CT molecular complexity index is 532. The second-order valence-corrected chi connectivity index (χ2v) is 4.60. The Morgan fingerprint density at radius 2 is 2.17 bits per heavy atom. The van der Waals surface area contributed by atoms with Crippen LogP contribution in [0.1, 0.15) is 5.82 Å². The van der Waals surface area contributed by atoms with Gasteiger partial charge in [0.15, 0.2) is 0 Å². The molecule has 0 spiro atoms. The van der Waals surface area contributed by atoms with Gasteiger partial charge in [-0.15, -0.1) is 0 Å². The van der Waals surface area contributed by atoms with Crippen molar-refractivity contribution in [2.75, 3.05) is 29.9 Å². The number of imidazole rings is 1. The molecule has 0 saturated carbocycles. The number of nitrogens with one attached hydrogen (secondary N) is 1. The summed E-state index contributed by atoms with van der Waals surface area (Å²) in [6, 6.07) is 8.50. The number of fused-ring (bicyclic) bond motifs is 1. The molecule has 4 heteroatoms. The van der Waals surface area contributed by atoms with Crippen molar-refractivity contribution in [1.29, 1.82) is 0 Å². The van der Waals surface area contributed by atoms with Gasteiger partial charge in [0.05, 0.1) is 11.4 Å². The number of hydrogen-bond donors (Lipinski definition) is 1. The Balaban J connectivity index is 1.73. The van der Waals surface area contributed by atoms with Gasteiger partial charge in [0.2, 0.25) is 0 Å². The molecule has 0 bridgehead atoms. The van der Waals surface area contributed by atoms with Crippen molar-refractivity contribution >= 4 is 11.4 Å². The van der Waals surface area contributed by atoms with Crippen LogP contribution >= 0.6 is 0 Å². The number of benzene rings is 1. The van der Waals surface area contributed by atoms with Gasteiger partial charge in [-0.05, 0) is 19.1 Å². The quantitative estimate of drug-likeness (QED) is 0.895. The van der Waals surface area contributed by atoms with Gasteiger partial charge in [-0.2, -0.15) is 0 Å². The summed E-state index contributed by atoms with van der Waals surface area (Å²) >= 11 is 0. The fourth-order valence-corrected chi connectivity index (χ4v) is 2.45. The number of nitrogens with zero attached hydrogens (tertiary/aromatic N) is 3. The van der Waals surface area contributed by atoms with Crippen LogP contribution in [0.15, 0.2) is 36.7 Å². The smallest absolute Gasteiger partial charge is 0.105 e. The van der Waals surface area contributed by atoms with Gasteiger partial charge >= 0.3 is 0 Å². The number of aromatic nitrogens is 2. The van der Waals surface area contributed by atoms with Gasteiger partial charge in [-0.3, -0.25) is 0 Å². The van der Waals surface area contributed by atoms with Gasteiger partial charge in [0, 0.05) is 38.6 Å². The molecule has 1 aromatic carbocycles. The Hall–Kier alpha value is -1.97. The fourth-order valence-electron chi connectivity index (χ4n) is 2.45. The van der Waals surface area contributed by atoms with Crippen LogP contribution in [0.25, 0.3) is 0 Å². The number of anilines is 2. The molecule has 4 nitrogen and oxygen atoms in total. The molecule has 0 fully saturated rings. The van der Waals surface area contributed by atoms with Crippen molar-refractivity contribution in [3.8, 4) is 0 Å². The van der Waals surface area contributed by atoms with Gasteiger partial charge < -0.3 is 14.8 Å². The van der Waals surface area contributed by atoms with Crippen molar-refractivity contribution in [3.05, 3.63) is 42.5 Å². The highest BCUT2D eigenvalue weighted by atomic mass is 15.2. The average molecular weight is 242 g/mol. The summed E-state index contributed by atoms with van der Waals surface area (Å²) in [5.41, 5.74) is 2.55. The SMILES string of the molecule is Cc1nccn1CCN1CCNc2ccccc21. The van der Waals surface area contributed by atoms with E-state index in [1.165, 1.54) is 11.4 Å². The highest BCUT2D eigenvalue weighted by molar-refractivity contribution is 5.71. The van der Waals surface area contributed by atoms with Crippen molar-refractivity contribution < 1.29 is 0 Å². The van der Waals surface area contributed by atoms with Crippen LogP contribution in [0.3, 0.4) is 0 Å². The molecule has 0 radical (unpaired) electrons. The number of aryl methyl sites for hydroxylation is 1. The number of rotatable bonds is 3. The molecule has 2 heterocycles. The molecule has 0 atom stereocenters. The first-order chi connectivity index (χ1) is 8.84. The second-order valence-electron chi connectivity index (χ2n) is 4.60. The predicted molar refractivity (Wildman–Crippen MR) is 74.1 cm³/mol. The highest BCUT2D eigenvalue weighted by Gasteiger charge is 2.15. The molecule has 1 aliphatic rings. The summed E-state index contributed by atoms with van der Waals surface area (Å²) in [5.74, 6) is 1.08. The van der Waals surface area contributed by atoms with Crippen LogP contribution < -0.4 is 10.2 Å². The van der Waals surface area contributed by atoms with E-state index in [2.05, 4.69) is 44.0 Å². The van der Waals surface area contributed by atoms with Crippen LogP contribution in [-0.2, 0) is 6.54 Å². The first kappa shape index (κ1) is 11.1. The normalized spacial score (nSPS) is 14.2. The first-order valence-corrected chi connectivity index (χ1v) is 6.40. The molecular weight excluding hydrogens is 224 g/mol. The lowest BCUT2D eigenvalue weighted by atomic mass is 10.2. The Morgan fingerprint density at radius 3 is 3.00 bits per heavy atom. The van der Waals surface area contributed by atoms with E-state index >= 15 is 0 Å². The minimum Gasteiger partial charge on any atom is -0.382 e. The lowest BCUT2D eigenvalue weighted by molar-refractivity contribution is 0.639. The molecule has 3 rings (SSSR count). The van der Waals surface area contributed by atoms with E-state index in [0.29, 0.717) is 0 Å². The predicted octanol–water partition coefficient (Wildman–Crippen LogP) is 2.12. The maximum absolute atomic E-state index is 4.26. The zero-order valence-corrected chi connectivity index (χ0v) is 10.6. The maximum atomic E-state index is 4.26. The molecule has 1 N–H and O–H groups in total. The lowest BCUT2D eigenvalue weighted by Crippen LogP contribution is -2.36. The summed E-state index contributed by atoms with van der Waals surface area (Å²) in [7, 11) is 0. The van der Waals surface area contributed by atoms with Crippen molar-refractivity contribution in [1.82, 2.24) is 9.55 Å². The monoisotopic (exact) mass is 242 g/mol. The van der Waals surface area contributed by atoms with Crippen molar-refractivity contribution in [2.45, 2.75) is 13.5 Å². The Labute approximate surface area is 107 Å². The summed E-state index contributed by atoms with van der Waals surface area (Å²) in [6.45, 7) is 6.13. The van der Waals surface area contributed by atoms with E-state index in [-0.39, 0.29) is 0 Å². The van der Waals surface area contributed by atoms with Crippen LogP contribution in [0.5, 0.6) is 0 Å². The largest absolute Gasteiger partial charge is 0.382 e. The van der Waals surface area contributed by atoms with E-state index < -0.39 is 0 Å². The van der Waals surface area contributed by atoms with Gasteiger partial charge in [0.1, 0.15) is 5.82 Å². The van der Waals surface area contributed by atoms with E-state index in [9.17, 15) is 0 Å². The molecule has 94 valence electrons. The molecule has 18 heavy (non-hydrogen) atoms. The average Bonchev–Trinajstić information content (AvgIpc) is 2.82. The second kappa shape index (κ2) is 4.72. The van der Waals surface area contributed by atoms with Crippen molar-refractivity contribution in [2.24, 2.45) is 0 Å². The third-order valence-electron chi connectivity index (χ3n) is 3.48. The van der Waals surface area contributed by atoms with Gasteiger partial charge in [-0.25, -0.2) is 4.98 Å². The minimum absolute atomic E-state index is 0.986. The van der Waals surface area contributed by atoms with E-state index in [1.807, 2.05) is 19.3 Å². The fraction of sp³-hybridized carbons (Fsp3) is 0.357. The Morgan fingerprint density at radius 1 is 1.28 bits per heavy atom. The number of hydrogen-bond acceptors (Lipinski definition) is 3. The van der Waals surface area contributed by atoms with Crippen LogP contribution in [0, 0.1) is 6.92 Å². The summed E-state index contributed by atoms with van der Waals surface area (Å²) in [6.07, 6.45) is 3.91. The summed E-state index contributed by atoms with van der Waals surface area (Å²) in [4.78, 5) is 6.69. The zero-order chi connectivity index (χ0) is 12.4. The molecule has 0 unspecified atom stereocenters. The van der Waals surface area contributed by atoms with Crippen LogP contribution in [-0.4, -0.2) is 29.2 Å². The molecule has 0 saturated heterocycles. The number of para-hydroxylation sites is 2. The van der Waals surface area contributed by atoms with Crippen molar-refractivity contribution in [3.63, 3.8) is 0 Å². The Kier molecular flexibility index (Phi) is 2.92. The van der Waals surface area contributed by atoms with Gasteiger partial charge in [-0.1, -0.05) is 12.1 Å². The highest BCUT2D eigenvalue weighted by Crippen LogP contribution is 2.27. The van der Waals surface area contributed by atoms with E-state index in [4.69, 9.17) is 0 Å². The molecule has 1 aliphatic heterocycles. The lowest BCUT2D eigenvalue weighted by Gasteiger charge is -2.32. The third kappa shape index (κ3) is 2.06. The first-order valence-electron chi connectivity index (χ1n) is 6.40. The van der Waals surface area contributed by atoms with Crippen LogP contribution in [0.2, 0.25) is 0 Å². The zero-order valence-electron chi connectivity index (χ0n) is 10.6. The standard InChI is InChI=1S/C14H18N4/c1-12-15-6-8-17(12)10-11-18-9-7-16-13-4-2-3-5-14(13)18/h2-6,8,16H,7,9-11H2,1H3. The van der Waals surface area contributed by atoms with Crippen LogP contribution in [0.4, 0.5) is 11.4 Å².